The first-order chi connectivity index (χ1) is 19.3. The van der Waals surface area contributed by atoms with E-state index in [0.29, 0.717) is 11.7 Å². The minimum absolute atomic E-state index is 0.221. The summed E-state index contributed by atoms with van der Waals surface area (Å²) in [4.78, 5) is 18.6. The third-order valence-corrected chi connectivity index (χ3v) is 7.76. The number of para-hydroxylation sites is 1. The van der Waals surface area contributed by atoms with Crippen molar-refractivity contribution >= 4 is 39.4 Å². The summed E-state index contributed by atoms with van der Waals surface area (Å²) in [5.74, 6) is 2.55. The summed E-state index contributed by atoms with van der Waals surface area (Å²) in [6.45, 7) is 8.75. The molecule has 208 valence electrons. The molecule has 5 rings (SSSR count). The van der Waals surface area contributed by atoms with Gasteiger partial charge in [-0.1, -0.05) is 42.5 Å². The van der Waals surface area contributed by atoms with Gasteiger partial charge in [-0.2, -0.15) is 0 Å². The molecule has 0 aliphatic carbocycles. The summed E-state index contributed by atoms with van der Waals surface area (Å²) >= 11 is 1.68. The number of nitrogens with zero attached hydrogens (tertiary/aromatic N) is 2. The van der Waals surface area contributed by atoms with Crippen molar-refractivity contribution in [2.45, 2.75) is 32.8 Å². The Morgan fingerprint density at radius 3 is 2.65 bits per heavy atom. The van der Waals surface area contributed by atoms with E-state index < -0.39 is 5.60 Å². The topological polar surface area (TPSA) is 89.7 Å². The van der Waals surface area contributed by atoms with Crippen LogP contribution in [0.3, 0.4) is 0 Å². The number of aromatic nitrogens is 1. The summed E-state index contributed by atoms with van der Waals surface area (Å²) in [6, 6.07) is 17.8. The molecule has 2 aromatic carbocycles. The second kappa shape index (κ2) is 12.1. The fourth-order valence-corrected chi connectivity index (χ4v) is 5.87. The maximum absolute atomic E-state index is 12.3. The standard InChI is InChI=1S/C32H36N4O3S/c1-32(2,3)39-31(37)36-17-15-22(20-36)18-34-16-7-8-24-19-35-30(33)28-27(21-40-29(24)28)23-11-13-26(14-12-23)38-25-9-5-4-6-10-25/h4-14,19,21-22,34H,15-18,20H2,1-3H3,(H2,33,35). The number of nitrogen functional groups attached to an aromatic ring is 1. The first-order valence-corrected chi connectivity index (χ1v) is 14.5. The fraction of sp³-hybridized carbons (Fsp3) is 0.312. The van der Waals surface area contributed by atoms with Crippen molar-refractivity contribution in [1.82, 2.24) is 15.2 Å². The van der Waals surface area contributed by atoms with Gasteiger partial charge in [0.2, 0.25) is 0 Å². The Morgan fingerprint density at radius 1 is 1.15 bits per heavy atom. The lowest BCUT2D eigenvalue weighted by Crippen LogP contribution is -2.36. The molecular weight excluding hydrogens is 520 g/mol. The van der Waals surface area contributed by atoms with Gasteiger partial charge in [-0.05, 0) is 68.3 Å². The average Bonchev–Trinajstić information content (AvgIpc) is 3.59. The van der Waals surface area contributed by atoms with Crippen molar-refractivity contribution in [3.05, 3.63) is 77.8 Å². The van der Waals surface area contributed by atoms with Gasteiger partial charge in [-0.15, -0.1) is 11.3 Å². The molecule has 3 heterocycles. The Bertz CT molecular complexity index is 1480. The molecule has 1 atom stereocenters. The minimum atomic E-state index is -0.466. The molecule has 0 radical (unpaired) electrons. The van der Waals surface area contributed by atoms with Crippen LogP contribution in [0.15, 0.2) is 72.3 Å². The molecule has 3 N–H and O–H groups in total. The van der Waals surface area contributed by atoms with Gasteiger partial charge in [0.1, 0.15) is 22.9 Å². The second-order valence-electron chi connectivity index (χ2n) is 11.0. The number of thiophene rings is 1. The molecule has 0 spiro atoms. The molecule has 7 nitrogen and oxygen atoms in total. The largest absolute Gasteiger partial charge is 0.457 e. The number of nitrogens with one attached hydrogen (secondary N) is 1. The zero-order valence-electron chi connectivity index (χ0n) is 23.2. The highest BCUT2D eigenvalue weighted by Crippen LogP contribution is 2.39. The Balaban J connectivity index is 1.18. The molecule has 0 saturated carbocycles. The van der Waals surface area contributed by atoms with E-state index in [1.165, 1.54) is 0 Å². The molecule has 1 saturated heterocycles. The van der Waals surface area contributed by atoms with Gasteiger partial charge in [0.15, 0.2) is 0 Å². The van der Waals surface area contributed by atoms with E-state index >= 15 is 0 Å². The summed E-state index contributed by atoms with van der Waals surface area (Å²) in [6.07, 6.45) is 6.81. The Hall–Kier alpha value is -3.88. The zero-order valence-corrected chi connectivity index (χ0v) is 24.0. The van der Waals surface area contributed by atoms with Gasteiger partial charge in [-0.3, -0.25) is 0 Å². The first kappa shape index (κ1) is 27.7. The van der Waals surface area contributed by atoms with Crippen LogP contribution in [0.25, 0.3) is 27.3 Å². The van der Waals surface area contributed by atoms with Gasteiger partial charge >= 0.3 is 6.09 Å². The number of rotatable bonds is 8. The lowest BCUT2D eigenvalue weighted by atomic mass is 10.0. The minimum Gasteiger partial charge on any atom is -0.457 e. The molecule has 2 aromatic heterocycles. The number of hydrogen-bond acceptors (Lipinski definition) is 7. The summed E-state index contributed by atoms with van der Waals surface area (Å²) in [5, 5.41) is 6.62. The molecular formula is C32H36N4O3S. The number of benzene rings is 2. The van der Waals surface area contributed by atoms with Crippen LogP contribution in [0.2, 0.25) is 0 Å². The van der Waals surface area contributed by atoms with Crippen LogP contribution in [0.1, 0.15) is 32.8 Å². The lowest BCUT2D eigenvalue weighted by molar-refractivity contribution is 0.0288. The van der Waals surface area contributed by atoms with Gasteiger partial charge in [-0.25, -0.2) is 9.78 Å². The zero-order chi connectivity index (χ0) is 28.1. The van der Waals surface area contributed by atoms with E-state index in [0.717, 1.165) is 70.9 Å². The summed E-state index contributed by atoms with van der Waals surface area (Å²) in [7, 11) is 0. The highest BCUT2D eigenvalue weighted by molar-refractivity contribution is 7.18. The Labute approximate surface area is 239 Å². The predicted octanol–water partition coefficient (Wildman–Crippen LogP) is 7.20. The second-order valence-corrected chi connectivity index (χ2v) is 11.9. The van der Waals surface area contributed by atoms with E-state index in [4.69, 9.17) is 15.2 Å². The molecule has 40 heavy (non-hydrogen) atoms. The van der Waals surface area contributed by atoms with Crippen molar-refractivity contribution in [3.63, 3.8) is 0 Å². The summed E-state index contributed by atoms with van der Waals surface area (Å²) in [5.41, 5.74) is 9.07. The van der Waals surface area contributed by atoms with E-state index in [1.807, 2.05) is 74.3 Å². The van der Waals surface area contributed by atoms with Crippen molar-refractivity contribution in [2.75, 3.05) is 31.9 Å². The molecule has 1 fully saturated rings. The van der Waals surface area contributed by atoms with Gasteiger partial charge in [0, 0.05) is 53.6 Å². The number of hydrogen-bond donors (Lipinski definition) is 2. The summed E-state index contributed by atoms with van der Waals surface area (Å²) < 4.78 is 12.6. The van der Waals surface area contributed by atoms with E-state index in [9.17, 15) is 4.79 Å². The quantitative estimate of drug-likeness (QED) is 0.223. The monoisotopic (exact) mass is 556 g/mol. The lowest BCUT2D eigenvalue weighted by Gasteiger charge is -2.24. The molecule has 8 heteroatoms. The van der Waals surface area contributed by atoms with Gasteiger partial charge in [0.05, 0.1) is 0 Å². The molecule has 0 bridgehead atoms. The van der Waals surface area contributed by atoms with Gasteiger partial charge in [0.25, 0.3) is 0 Å². The van der Waals surface area contributed by atoms with Crippen LogP contribution < -0.4 is 15.8 Å². The van der Waals surface area contributed by atoms with Crippen molar-refractivity contribution < 1.29 is 14.3 Å². The SMILES string of the molecule is CC(C)(C)OC(=O)N1CCC(CNCC=Cc2cnc(N)c3c(-c4ccc(Oc5ccccc5)cc4)csc23)C1. The number of carbonyl (C=O) groups is 1. The average molecular weight is 557 g/mol. The fourth-order valence-electron chi connectivity index (χ4n) is 4.79. The van der Waals surface area contributed by atoms with E-state index in [-0.39, 0.29) is 6.09 Å². The normalized spacial score (nSPS) is 15.7. The number of nitrogens with two attached hydrogens (primary N) is 1. The van der Waals surface area contributed by atoms with E-state index in [1.54, 1.807) is 11.3 Å². The highest BCUT2D eigenvalue weighted by atomic mass is 32.1. The molecule has 1 aliphatic heterocycles. The molecule has 1 unspecified atom stereocenters. The number of ether oxygens (including phenoxy) is 2. The van der Waals surface area contributed by atoms with Crippen molar-refractivity contribution in [3.8, 4) is 22.6 Å². The number of likely N-dealkylation sites (tertiary alicyclic amines) is 1. The third-order valence-electron chi connectivity index (χ3n) is 6.73. The number of anilines is 1. The first-order valence-electron chi connectivity index (χ1n) is 13.6. The van der Waals surface area contributed by atoms with Crippen molar-refractivity contribution in [2.24, 2.45) is 5.92 Å². The van der Waals surface area contributed by atoms with Crippen LogP contribution in [-0.2, 0) is 4.74 Å². The van der Waals surface area contributed by atoms with Gasteiger partial charge < -0.3 is 25.4 Å². The number of amides is 1. The van der Waals surface area contributed by atoms with Crippen LogP contribution >= 0.6 is 11.3 Å². The van der Waals surface area contributed by atoms with Crippen molar-refractivity contribution in [1.29, 1.82) is 0 Å². The van der Waals surface area contributed by atoms with E-state index in [2.05, 4.69) is 40.0 Å². The smallest absolute Gasteiger partial charge is 0.410 e. The van der Waals surface area contributed by atoms with Crippen LogP contribution in [0.5, 0.6) is 11.5 Å². The maximum atomic E-state index is 12.3. The number of fused-ring (bicyclic) bond motifs is 1. The van der Waals surface area contributed by atoms with Crippen LogP contribution in [-0.4, -0.2) is 47.8 Å². The maximum Gasteiger partial charge on any atom is 0.410 e. The predicted molar refractivity (Wildman–Crippen MR) is 164 cm³/mol. The molecule has 4 aromatic rings. The van der Waals surface area contributed by atoms with Crippen LogP contribution in [0, 0.1) is 5.92 Å². The third kappa shape index (κ3) is 6.81. The highest BCUT2D eigenvalue weighted by Gasteiger charge is 2.29. The number of pyridine rings is 1. The molecule has 1 aliphatic rings. The Kier molecular flexibility index (Phi) is 8.38. The Morgan fingerprint density at radius 2 is 1.90 bits per heavy atom. The number of carbonyl (C=O) groups excluding carboxylic acids is 1. The molecule has 1 amide bonds. The van der Waals surface area contributed by atoms with Crippen LogP contribution in [0.4, 0.5) is 10.6 Å².